The zero-order valence-corrected chi connectivity index (χ0v) is 15.7. The molecule has 0 radical (unpaired) electrons. The lowest BCUT2D eigenvalue weighted by molar-refractivity contribution is 0.640. The summed E-state index contributed by atoms with van der Waals surface area (Å²) in [6.07, 6.45) is 1.74. The van der Waals surface area contributed by atoms with E-state index in [1.165, 1.54) is 12.1 Å². The molecular formula is C22H17FN6O. The number of imidazole rings is 1. The Morgan fingerprint density at radius 1 is 1.03 bits per heavy atom. The molecule has 5 rings (SSSR count). The molecule has 7 nitrogen and oxygen atoms in total. The number of pyridine rings is 2. The van der Waals surface area contributed by atoms with Crippen molar-refractivity contribution in [2.24, 2.45) is 0 Å². The number of rotatable bonds is 4. The highest BCUT2D eigenvalue weighted by Gasteiger charge is 2.18. The Labute approximate surface area is 169 Å². The Morgan fingerprint density at radius 3 is 2.77 bits per heavy atom. The number of nitrogens with zero attached hydrogens (tertiary/aromatic N) is 2. The lowest BCUT2D eigenvalue weighted by Crippen LogP contribution is -2.13. The molecule has 0 bridgehead atoms. The van der Waals surface area contributed by atoms with Gasteiger partial charge in [0.15, 0.2) is 0 Å². The van der Waals surface area contributed by atoms with E-state index in [9.17, 15) is 9.18 Å². The number of nitrogens with one attached hydrogen (secondary N) is 3. The zero-order valence-electron chi connectivity index (χ0n) is 15.7. The van der Waals surface area contributed by atoms with Crippen LogP contribution in [0.25, 0.3) is 33.3 Å². The fraction of sp³-hybridized carbons (Fsp3) is 0.0455. The van der Waals surface area contributed by atoms with Crippen molar-refractivity contribution in [3.8, 4) is 11.4 Å². The van der Waals surface area contributed by atoms with E-state index in [0.717, 1.165) is 16.9 Å². The molecular weight excluding hydrogens is 383 g/mol. The molecule has 0 amide bonds. The number of fused-ring (bicyclic) bond motifs is 2. The summed E-state index contributed by atoms with van der Waals surface area (Å²) in [5.74, 6) is -0.213. The van der Waals surface area contributed by atoms with Crippen LogP contribution < -0.4 is 16.6 Å². The number of hydrogen-bond acceptors (Lipinski definition) is 5. The van der Waals surface area contributed by atoms with E-state index in [0.29, 0.717) is 17.6 Å². The molecule has 8 heteroatoms. The summed E-state index contributed by atoms with van der Waals surface area (Å²) in [4.78, 5) is 27.2. The van der Waals surface area contributed by atoms with Crippen molar-refractivity contribution in [2.75, 3.05) is 11.1 Å². The summed E-state index contributed by atoms with van der Waals surface area (Å²) < 4.78 is 14.3. The van der Waals surface area contributed by atoms with E-state index in [1.807, 2.05) is 36.4 Å². The van der Waals surface area contributed by atoms with Crippen LogP contribution in [0.2, 0.25) is 0 Å². The second-order valence-electron chi connectivity index (χ2n) is 6.90. The van der Waals surface area contributed by atoms with Crippen LogP contribution in [0.5, 0.6) is 0 Å². The Morgan fingerprint density at radius 2 is 1.93 bits per heavy atom. The summed E-state index contributed by atoms with van der Waals surface area (Å²) in [6, 6.07) is 15.8. The van der Waals surface area contributed by atoms with Crippen LogP contribution in [-0.4, -0.2) is 19.9 Å². The van der Waals surface area contributed by atoms with Gasteiger partial charge in [-0.3, -0.25) is 9.78 Å². The first-order valence-electron chi connectivity index (χ1n) is 9.34. The quantitative estimate of drug-likeness (QED) is 0.367. The molecule has 0 spiro atoms. The molecule has 5 N–H and O–H groups in total. The van der Waals surface area contributed by atoms with Crippen molar-refractivity contribution >= 4 is 33.3 Å². The summed E-state index contributed by atoms with van der Waals surface area (Å²) in [7, 11) is 0. The highest BCUT2D eigenvalue weighted by atomic mass is 19.1. The smallest absolute Gasteiger partial charge is 0.261 e. The first-order valence-corrected chi connectivity index (χ1v) is 9.34. The summed E-state index contributed by atoms with van der Waals surface area (Å²) in [5, 5.41) is 3.47. The van der Waals surface area contributed by atoms with E-state index in [-0.39, 0.29) is 22.5 Å². The summed E-state index contributed by atoms with van der Waals surface area (Å²) in [5.41, 5.74) is 9.43. The van der Waals surface area contributed by atoms with Gasteiger partial charge in [0.25, 0.3) is 5.56 Å². The van der Waals surface area contributed by atoms with E-state index in [4.69, 9.17) is 5.73 Å². The number of H-pyrrole nitrogens is 2. The molecule has 0 aliphatic rings. The molecule has 3 heterocycles. The molecule has 30 heavy (non-hydrogen) atoms. The van der Waals surface area contributed by atoms with Crippen molar-refractivity contribution in [2.45, 2.75) is 6.54 Å². The number of hydrogen-bond donors (Lipinski definition) is 4. The average molecular weight is 400 g/mol. The van der Waals surface area contributed by atoms with Crippen LogP contribution >= 0.6 is 0 Å². The van der Waals surface area contributed by atoms with Crippen LogP contribution in [0.3, 0.4) is 0 Å². The standard InChI is InChI=1S/C22H17FN6O/c23-14-5-3-6-16-18(14)20(24)19(22(30)29-16)21-27-15-8-7-12(10-17(15)28-21)26-11-13-4-1-2-9-25-13/h1-10,26H,11H2,(H,27,28)(H3,24,29,30). The molecule has 0 aliphatic heterocycles. The molecule has 0 atom stereocenters. The van der Waals surface area contributed by atoms with Crippen molar-refractivity contribution in [3.05, 3.63) is 82.7 Å². The second kappa shape index (κ2) is 7.00. The van der Waals surface area contributed by atoms with Crippen LogP contribution in [0.15, 0.2) is 65.6 Å². The van der Waals surface area contributed by atoms with Gasteiger partial charge >= 0.3 is 0 Å². The molecule has 2 aromatic carbocycles. The molecule has 3 aromatic heterocycles. The second-order valence-corrected chi connectivity index (χ2v) is 6.90. The van der Waals surface area contributed by atoms with Gasteiger partial charge in [-0.1, -0.05) is 12.1 Å². The van der Waals surface area contributed by atoms with Gasteiger partial charge in [-0.15, -0.1) is 0 Å². The van der Waals surface area contributed by atoms with Crippen LogP contribution in [-0.2, 0) is 6.54 Å². The zero-order chi connectivity index (χ0) is 20.7. The molecule has 0 unspecified atom stereocenters. The molecule has 0 saturated heterocycles. The van der Waals surface area contributed by atoms with Gasteiger partial charge in [0.1, 0.15) is 17.2 Å². The number of halogens is 1. The number of nitrogens with two attached hydrogens (primary N) is 1. The van der Waals surface area contributed by atoms with E-state index in [1.54, 1.807) is 12.3 Å². The van der Waals surface area contributed by atoms with Gasteiger partial charge in [0.05, 0.1) is 39.9 Å². The number of anilines is 2. The van der Waals surface area contributed by atoms with Crippen LogP contribution in [0.4, 0.5) is 15.8 Å². The third kappa shape index (κ3) is 3.04. The lowest BCUT2D eigenvalue weighted by Gasteiger charge is -2.07. The Bertz CT molecular complexity index is 1440. The monoisotopic (exact) mass is 400 g/mol. The summed E-state index contributed by atoms with van der Waals surface area (Å²) >= 11 is 0. The van der Waals surface area contributed by atoms with Gasteiger partial charge < -0.3 is 21.0 Å². The molecule has 0 aliphatic carbocycles. The van der Waals surface area contributed by atoms with E-state index >= 15 is 0 Å². The number of benzene rings is 2. The topological polar surface area (TPSA) is 112 Å². The number of nitrogen functional groups attached to an aromatic ring is 1. The van der Waals surface area contributed by atoms with Gasteiger partial charge in [-0.25, -0.2) is 9.37 Å². The maximum atomic E-state index is 14.3. The van der Waals surface area contributed by atoms with Gasteiger partial charge in [0.2, 0.25) is 0 Å². The van der Waals surface area contributed by atoms with Crippen molar-refractivity contribution in [3.63, 3.8) is 0 Å². The first kappa shape index (κ1) is 17.9. The van der Waals surface area contributed by atoms with Crippen LogP contribution in [0.1, 0.15) is 5.69 Å². The Hall–Kier alpha value is -4.20. The molecule has 5 aromatic rings. The van der Waals surface area contributed by atoms with E-state index in [2.05, 4.69) is 25.3 Å². The molecule has 0 fully saturated rings. The first-order chi connectivity index (χ1) is 14.6. The highest BCUT2D eigenvalue weighted by molar-refractivity contribution is 5.98. The largest absolute Gasteiger partial charge is 0.397 e. The maximum absolute atomic E-state index is 14.3. The Balaban J connectivity index is 1.54. The fourth-order valence-electron chi connectivity index (χ4n) is 3.50. The maximum Gasteiger partial charge on any atom is 0.261 e. The number of aromatic nitrogens is 4. The minimum absolute atomic E-state index is 0.0550. The van der Waals surface area contributed by atoms with Crippen molar-refractivity contribution in [1.82, 2.24) is 19.9 Å². The SMILES string of the molecule is Nc1c(-c2nc3cc(NCc4ccccn4)ccc3[nH]2)c(=O)[nH]c2cccc(F)c12. The van der Waals surface area contributed by atoms with Crippen LogP contribution in [0, 0.1) is 5.82 Å². The van der Waals surface area contributed by atoms with Crippen molar-refractivity contribution in [1.29, 1.82) is 0 Å². The fourth-order valence-corrected chi connectivity index (χ4v) is 3.50. The summed E-state index contributed by atoms with van der Waals surface area (Å²) in [6.45, 7) is 0.570. The Kier molecular flexibility index (Phi) is 4.17. The third-order valence-electron chi connectivity index (χ3n) is 4.95. The minimum Gasteiger partial charge on any atom is -0.397 e. The van der Waals surface area contributed by atoms with Gasteiger partial charge in [-0.2, -0.15) is 0 Å². The molecule has 0 saturated carbocycles. The van der Waals surface area contributed by atoms with Crippen molar-refractivity contribution < 1.29 is 4.39 Å². The predicted molar refractivity (Wildman–Crippen MR) is 116 cm³/mol. The highest BCUT2D eigenvalue weighted by Crippen LogP contribution is 2.30. The average Bonchev–Trinajstić information content (AvgIpc) is 3.15. The minimum atomic E-state index is -0.500. The predicted octanol–water partition coefficient (Wildman–Crippen LogP) is 3.80. The van der Waals surface area contributed by atoms with Gasteiger partial charge in [-0.05, 0) is 42.5 Å². The van der Waals surface area contributed by atoms with E-state index < -0.39 is 11.4 Å². The number of aromatic amines is 2. The normalized spacial score (nSPS) is 11.2. The molecule has 148 valence electrons. The lowest BCUT2D eigenvalue weighted by atomic mass is 10.1. The third-order valence-corrected chi connectivity index (χ3v) is 4.95. The van der Waals surface area contributed by atoms with Gasteiger partial charge in [0, 0.05) is 11.9 Å².